The van der Waals surface area contributed by atoms with Gasteiger partial charge in [0.05, 0.1) is 0 Å². The van der Waals surface area contributed by atoms with Gasteiger partial charge in [-0.3, -0.25) is 4.89 Å². The molecule has 0 aliphatic heterocycles. The fourth-order valence-corrected chi connectivity index (χ4v) is 7.51. The molecule has 0 amide bonds. The Balaban J connectivity index is -0.0000000719. The summed E-state index contributed by atoms with van der Waals surface area (Å²) in [7, 11) is -8.46. The zero-order chi connectivity index (χ0) is 94.2. The van der Waals surface area contributed by atoms with Crippen LogP contribution in [-0.4, -0.2) is 69.9 Å². The van der Waals surface area contributed by atoms with Crippen molar-refractivity contribution in [2.24, 2.45) is 35.5 Å². The van der Waals surface area contributed by atoms with Gasteiger partial charge >= 0.3 is 38.9 Å². The zero-order valence-corrected chi connectivity index (χ0v) is 84.4. The molecular formula is C98H192B3O13PS. The molecule has 5 aromatic rings. The second-order valence-electron chi connectivity index (χ2n) is 29.4. The van der Waals surface area contributed by atoms with Crippen LogP contribution >= 0.6 is 7.91 Å². The number of benzene rings is 5. The summed E-state index contributed by atoms with van der Waals surface area (Å²) >= 11 is 0. The van der Waals surface area contributed by atoms with Gasteiger partial charge in [-0.1, -0.05) is 517 Å². The molecule has 6 N–H and O–H groups in total. The Labute approximate surface area is 725 Å². The van der Waals surface area contributed by atoms with E-state index >= 15 is 0 Å². The van der Waals surface area contributed by atoms with Gasteiger partial charge in [-0.15, -0.1) is 12.6 Å². The first-order valence-corrected chi connectivity index (χ1v) is 47.0. The molecule has 0 radical (unpaired) electrons. The molecule has 3 saturated carbocycles. The molecule has 3 aliphatic rings. The lowest BCUT2D eigenvalue weighted by molar-refractivity contribution is -0.191. The number of carbonyl (C=O) groups excluding carboxylic acids is 2. The summed E-state index contributed by atoms with van der Waals surface area (Å²) < 4.78 is 42.5. The van der Waals surface area contributed by atoms with Gasteiger partial charge in [0, 0.05) is 0 Å². The molecule has 682 valence electrons. The van der Waals surface area contributed by atoms with Crippen LogP contribution in [0.3, 0.4) is 0 Å². The number of rotatable bonds is 11. The van der Waals surface area contributed by atoms with Gasteiger partial charge in [-0.2, -0.15) is 9.59 Å². The first-order valence-electron chi connectivity index (χ1n) is 44.9. The van der Waals surface area contributed by atoms with E-state index in [1.165, 1.54) is 124 Å². The van der Waals surface area contributed by atoms with E-state index in [0.717, 1.165) is 41.8 Å². The van der Waals surface area contributed by atoms with E-state index < -0.39 is 32.8 Å². The lowest BCUT2D eigenvalue weighted by Crippen LogP contribution is -2.16. The van der Waals surface area contributed by atoms with Crippen molar-refractivity contribution in [3.8, 4) is 0 Å². The molecule has 3 aliphatic carbocycles. The van der Waals surface area contributed by atoms with Gasteiger partial charge in [-0.05, 0) is 106 Å². The Hall–Kier alpha value is -5.05. The van der Waals surface area contributed by atoms with Crippen LogP contribution in [0.1, 0.15) is 410 Å². The van der Waals surface area contributed by atoms with Crippen molar-refractivity contribution < 1.29 is 61.4 Å². The average molecular weight is 1670 g/mol. The monoisotopic (exact) mass is 1670 g/mol. The summed E-state index contributed by atoms with van der Waals surface area (Å²) in [6.07, 6.45) is 22.9. The van der Waals surface area contributed by atoms with Crippen LogP contribution in [0.2, 0.25) is 25.8 Å². The van der Waals surface area contributed by atoms with Gasteiger partial charge in [0.15, 0.2) is 0 Å². The second kappa shape index (κ2) is 126. The molecule has 18 heteroatoms. The van der Waals surface area contributed by atoms with Crippen LogP contribution in [0.25, 0.3) is 0 Å². The van der Waals surface area contributed by atoms with Gasteiger partial charge in [-0.25, -0.2) is 9.13 Å². The maximum absolute atomic E-state index is 8.59. The molecule has 0 spiro atoms. The molecule has 8 rings (SSSR count). The standard InChI is InChI=1S/5C9H12.3C7H14.C3H9BO.6C3H8.2C2H7BO2.3C2H6.CO2.HO3P.O3S/c5*1-8(2)9-6-4-3-5-7-9;3*1-6(2)7-4-3-5-7;1-3-4(2)5;6*1-3-2;2*1-2-3(4)5;3*1-2;2-1-3;2*1-4(2)3/h5*3-8H,1-2H3;3*6-7H,3-5H2,1-2H3;5H,3H2,1-2H3;6*3H2,1-2H3;2*4-5H,2H2,1H3;3*1-2H3;;(H,1,2,3);. The van der Waals surface area contributed by atoms with Crippen molar-refractivity contribution in [2.45, 2.75) is 408 Å². The van der Waals surface area contributed by atoms with E-state index in [-0.39, 0.29) is 13.1 Å². The second-order valence-corrected chi connectivity index (χ2v) is 30.3. The maximum Gasteiger partial charge on any atom is 0.465 e. The lowest BCUT2D eigenvalue weighted by atomic mass is 9.69. The first-order chi connectivity index (χ1) is 54.6. The first kappa shape index (κ1) is 146. The zero-order valence-electron chi connectivity index (χ0n) is 82.6. The predicted octanol–water partition coefficient (Wildman–Crippen LogP) is 31.0. The third-order valence-corrected chi connectivity index (χ3v) is 14.9. The van der Waals surface area contributed by atoms with Crippen LogP contribution in [0.4, 0.5) is 0 Å². The molecule has 0 heterocycles. The van der Waals surface area contributed by atoms with Crippen molar-refractivity contribution in [1.29, 1.82) is 0 Å². The van der Waals surface area contributed by atoms with Gasteiger partial charge in [0.2, 0.25) is 0 Å². The minimum atomic E-state index is -3.12. The Morgan fingerprint density at radius 2 is 0.414 bits per heavy atom. The molecule has 0 saturated heterocycles. The summed E-state index contributed by atoms with van der Waals surface area (Å²) in [4.78, 5) is 23.3. The quantitative estimate of drug-likeness (QED) is 0.0533. The van der Waals surface area contributed by atoms with Crippen molar-refractivity contribution in [2.75, 3.05) is 0 Å². The highest BCUT2D eigenvalue weighted by atomic mass is 32.2. The largest absolute Gasteiger partial charge is 0.465 e. The Morgan fingerprint density at radius 3 is 0.440 bits per heavy atom. The topological polar surface area (TPSA) is 241 Å². The summed E-state index contributed by atoms with van der Waals surface area (Å²) in [5.41, 5.74) is 7.07. The van der Waals surface area contributed by atoms with E-state index in [4.69, 9.17) is 61.4 Å². The van der Waals surface area contributed by atoms with Crippen LogP contribution < -0.4 is 0 Å². The van der Waals surface area contributed by atoms with E-state index in [9.17, 15) is 0 Å². The van der Waals surface area contributed by atoms with Gasteiger partial charge in [0.25, 0.3) is 6.92 Å². The smallest absolute Gasteiger partial charge is 0.451 e. The van der Waals surface area contributed by atoms with E-state index in [2.05, 4.69) is 315 Å². The van der Waals surface area contributed by atoms with Crippen LogP contribution in [0.5, 0.6) is 0 Å². The molecule has 3 fully saturated rings. The Morgan fingerprint density at radius 1 is 0.319 bits per heavy atom. The minimum Gasteiger partial charge on any atom is -0.451 e. The number of hydrogen-bond donors (Lipinski definition) is 6. The Kier molecular flexibility index (Phi) is 158. The summed E-state index contributed by atoms with van der Waals surface area (Å²) in [5, 5.41) is 40.0. The maximum atomic E-state index is 8.59. The molecule has 0 atom stereocenters. The van der Waals surface area contributed by atoms with E-state index in [0.29, 0.717) is 42.2 Å². The van der Waals surface area contributed by atoms with E-state index in [1.807, 2.05) is 78.8 Å². The van der Waals surface area contributed by atoms with Gasteiger partial charge in [0.1, 0.15) is 0 Å². The normalized spacial score (nSPS) is 10.6. The highest BCUT2D eigenvalue weighted by Gasteiger charge is 2.21. The SMILES string of the molecule is CC.CC.CC.CC(C)C1CCC1.CC(C)C1CCC1.CC(C)C1CCC1.CC(C)c1ccccc1.CC(C)c1ccccc1.CC(C)c1ccccc1.CC(C)c1ccccc1.CC(C)c1ccccc1.CCB(C)O.CCB(O)O.CCB(O)O.CCC.CCC.CCC.CCC.CCC.CCC.O=C=O.O=P(=O)O.O=S(=O)=O. The van der Waals surface area contributed by atoms with Crippen LogP contribution in [0.15, 0.2) is 152 Å². The van der Waals surface area contributed by atoms with Crippen molar-refractivity contribution in [1.82, 2.24) is 0 Å². The van der Waals surface area contributed by atoms with Crippen molar-refractivity contribution >= 4 is 45.8 Å². The van der Waals surface area contributed by atoms with Crippen molar-refractivity contribution in [3.63, 3.8) is 0 Å². The third-order valence-electron chi connectivity index (χ3n) is 14.9. The lowest BCUT2D eigenvalue weighted by Gasteiger charge is -2.28. The van der Waals surface area contributed by atoms with Crippen molar-refractivity contribution in [3.05, 3.63) is 179 Å². The van der Waals surface area contributed by atoms with Crippen LogP contribution in [0, 0.1) is 35.5 Å². The molecular weight excluding hydrogens is 1480 g/mol. The summed E-state index contributed by atoms with van der Waals surface area (Å²) in [5.74, 6) is 9.40. The Bertz CT molecular complexity index is 2290. The minimum absolute atomic E-state index is 0.116. The average Bonchev–Trinajstić information content (AvgIpc) is 0.885. The van der Waals surface area contributed by atoms with E-state index in [1.54, 1.807) is 20.7 Å². The third kappa shape index (κ3) is 153. The molecule has 0 aromatic heterocycles. The summed E-state index contributed by atoms with van der Waals surface area (Å²) in [6, 6.07) is 52.6. The fourth-order valence-electron chi connectivity index (χ4n) is 7.51. The molecule has 0 bridgehead atoms. The fraction of sp³-hybridized carbons (Fsp3) is 0.684. The number of hydrogen-bond acceptors (Lipinski definition) is 12. The molecule has 116 heavy (non-hydrogen) atoms. The predicted molar refractivity (Wildman–Crippen MR) is 520 cm³/mol. The highest BCUT2D eigenvalue weighted by Crippen LogP contribution is 2.34. The molecule has 13 nitrogen and oxygen atoms in total. The van der Waals surface area contributed by atoms with Crippen LogP contribution in [-0.2, 0) is 29.3 Å². The highest BCUT2D eigenvalue weighted by molar-refractivity contribution is 7.59. The summed E-state index contributed by atoms with van der Waals surface area (Å²) in [6.45, 7) is 80.5. The molecule has 0 unspecified atom stereocenters. The van der Waals surface area contributed by atoms with Gasteiger partial charge < -0.3 is 25.1 Å². The molecule has 5 aromatic carbocycles.